The molecule has 0 aromatic carbocycles. The zero-order valence-corrected chi connectivity index (χ0v) is 9.86. The first-order chi connectivity index (χ1) is 7.72. The first kappa shape index (κ1) is 11.0. The van der Waals surface area contributed by atoms with Crippen molar-refractivity contribution in [3.63, 3.8) is 0 Å². The lowest BCUT2D eigenvalue weighted by Gasteiger charge is -2.10. The largest absolute Gasteiger partial charge is 0.480 e. The number of thiazole rings is 1. The van der Waals surface area contributed by atoms with Crippen molar-refractivity contribution in [3.8, 4) is 5.88 Å². The van der Waals surface area contributed by atoms with E-state index in [1.54, 1.807) is 30.8 Å². The van der Waals surface area contributed by atoms with Crippen LogP contribution >= 0.6 is 11.3 Å². The van der Waals surface area contributed by atoms with Crippen molar-refractivity contribution in [2.24, 2.45) is 5.73 Å². The van der Waals surface area contributed by atoms with Crippen molar-refractivity contribution in [3.05, 3.63) is 34.2 Å². The maximum Gasteiger partial charge on any atom is 0.237 e. The first-order valence-corrected chi connectivity index (χ1v) is 5.63. The monoisotopic (exact) mass is 236 g/mol. The van der Waals surface area contributed by atoms with Gasteiger partial charge in [0.15, 0.2) is 0 Å². The minimum absolute atomic E-state index is 0.395. The van der Waals surface area contributed by atoms with Gasteiger partial charge in [-0.05, 0) is 6.92 Å². The van der Waals surface area contributed by atoms with Gasteiger partial charge in [-0.3, -0.25) is 4.98 Å². The summed E-state index contributed by atoms with van der Waals surface area (Å²) in [5.74, 6) is 0.445. The standard InChI is InChI=1S/C10H12N4OS/c1-6-14-7(5-16-6)8(11)9-10(15-2)13-4-3-12-9/h3-5,8H,11H2,1-2H3. The summed E-state index contributed by atoms with van der Waals surface area (Å²) in [5.41, 5.74) is 7.47. The summed E-state index contributed by atoms with van der Waals surface area (Å²) in [7, 11) is 1.55. The fraction of sp³-hybridized carbons (Fsp3) is 0.300. The van der Waals surface area contributed by atoms with Crippen LogP contribution in [-0.2, 0) is 0 Å². The predicted molar refractivity (Wildman–Crippen MR) is 61.5 cm³/mol. The molecule has 2 rings (SSSR count). The highest BCUT2D eigenvalue weighted by molar-refractivity contribution is 7.09. The van der Waals surface area contributed by atoms with Crippen molar-refractivity contribution in [1.29, 1.82) is 0 Å². The Morgan fingerprint density at radius 3 is 2.75 bits per heavy atom. The third-order valence-electron chi connectivity index (χ3n) is 2.13. The van der Waals surface area contributed by atoms with Gasteiger partial charge in [-0.25, -0.2) is 9.97 Å². The number of methoxy groups -OCH3 is 1. The minimum atomic E-state index is -0.395. The molecular weight excluding hydrogens is 224 g/mol. The van der Waals surface area contributed by atoms with E-state index in [-0.39, 0.29) is 0 Å². The molecule has 2 aromatic rings. The molecule has 1 atom stereocenters. The van der Waals surface area contributed by atoms with Gasteiger partial charge >= 0.3 is 0 Å². The van der Waals surface area contributed by atoms with E-state index in [0.29, 0.717) is 11.6 Å². The van der Waals surface area contributed by atoms with Crippen LogP contribution in [0.25, 0.3) is 0 Å². The average molecular weight is 236 g/mol. The third-order valence-corrected chi connectivity index (χ3v) is 2.93. The molecule has 0 saturated heterocycles. The van der Waals surface area contributed by atoms with Crippen LogP contribution in [-0.4, -0.2) is 22.1 Å². The van der Waals surface area contributed by atoms with E-state index in [4.69, 9.17) is 10.5 Å². The Morgan fingerprint density at radius 1 is 1.38 bits per heavy atom. The molecule has 2 N–H and O–H groups in total. The summed E-state index contributed by atoms with van der Waals surface area (Å²) in [5, 5.41) is 2.90. The first-order valence-electron chi connectivity index (χ1n) is 4.75. The number of hydrogen-bond donors (Lipinski definition) is 1. The van der Waals surface area contributed by atoms with E-state index in [9.17, 15) is 0 Å². The Kier molecular flexibility index (Phi) is 3.12. The summed E-state index contributed by atoms with van der Waals surface area (Å²) in [4.78, 5) is 12.6. The molecule has 0 bridgehead atoms. The number of aromatic nitrogens is 3. The Bertz CT molecular complexity index is 485. The molecule has 2 aromatic heterocycles. The minimum Gasteiger partial charge on any atom is -0.480 e. The smallest absolute Gasteiger partial charge is 0.237 e. The van der Waals surface area contributed by atoms with Crippen LogP contribution in [0.5, 0.6) is 5.88 Å². The maximum atomic E-state index is 6.07. The molecule has 0 spiro atoms. The van der Waals surface area contributed by atoms with Gasteiger partial charge in [0.25, 0.3) is 0 Å². The van der Waals surface area contributed by atoms with Gasteiger partial charge < -0.3 is 10.5 Å². The second-order valence-electron chi connectivity index (χ2n) is 3.22. The highest BCUT2D eigenvalue weighted by atomic mass is 32.1. The van der Waals surface area contributed by atoms with E-state index < -0.39 is 6.04 Å². The number of nitrogens with zero attached hydrogens (tertiary/aromatic N) is 3. The molecule has 0 radical (unpaired) electrons. The van der Waals surface area contributed by atoms with Gasteiger partial charge in [0.2, 0.25) is 5.88 Å². The SMILES string of the molecule is COc1nccnc1C(N)c1csc(C)n1. The van der Waals surface area contributed by atoms with Crippen LogP contribution < -0.4 is 10.5 Å². The lowest BCUT2D eigenvalue weighted by Crippen LogP contribution is -2.15. The molecule has 6 heteroatoms. The summed E-state index contributed by atoms with van der Waals surface area (Å²) >= 11 is 1.56. The van der Waals surface area contributed by atoms with Gasteiger partial charge in [-0.1, -0.05) is 0 Å². The second-order valence-corrected chi connectivity index (χ2v) is 4.28. The molecule has 2 heterocycles. The Balaban J connectivity index is 2.36. The molecular formula is C10H12N4OS. The fourth-order valence-electron chi connectivity index (χ4n) is 1.37. The van der Waals surface area contributed by atoms with E-state index in [0.717, 1.165) is 10.7 Å². The molecule has 0 aliphatic heterocycles. The molecule has 84 valence electrons. The topological polar surface area (TPSA) is 73.9 Å². The van der Waals surface area contributed by atoms with E-state index >= 15 is 0 Å². The van der Waals surface area contributed by atoms with Crippen LogP contribution in [0.1, 0.15) is 22.4 Å². The molecule has 5 nitrogen and oxygen atoms in total. The molecule has 0 fully saturated rings. The van der Waals surface area contributed by atoms with Crippen molar-refractivity contribution in [1.82, 2.24) is 15.0 Å². The molecule has 0 aliphatic carbocycles. The molecule has 16 heavy (non-hydrogen) atoms. The number of hydrogen-bond acceptors (Lipinski definition) is 6. The van der Waals surface area contributed by atoms with Gasteiger partial charge in [-0.15, -0.1) is 11.3 Å². The predicted octanol–water partition coefficient (Wildman–Crippen LogP) is 1.30. The molecule has 0 saturated carbocycles. The maximum absolute atomic E-state index is 6.07. The van der Waals surface area contributed by atoms with E-state index in [1.807, 2.05) is 12.3 Å². The van der Waals surface area contributed by atoms with Crippen LogP contribution in [0.4, 0.5) is 0 Å². The van der Waals surface area contributed by atoms with Crippen LogP contribution in [0.3, 0.4) is 0 Å². The number of ether oxygens (including phenoxy) is 1. The van der Waals surface area contributed by atoms with Gasteiger partial charge in [0.05, 0.1) is 23.9 Å². The molecule has 0 aliphatic rings. The highest BCUT2D eigenvalue weighted by Gasteiger charge is 2.18. The van der Waals surface area contributed by atoms with E-state index in [2.05, 4.69) is 15.0 Å². The highest BCUT2D eigenvalue weighted by Crippen LogP contribution is 2.24. The number of rotatable bonds is 3. The average Bonchev–Trinajstić information content (AvgIpc) is 2.75. The van der Waals surface area contributed by atoms with Gasteiger partial charge in [0, 0.05) is 17.8 Å². The van der Waals surface area contributed by atoms with Crippen molar-refractivity contribution >= 4 is 11.3 Å². The zero-order chi connectivity index (χ0) is 11.5. The third kappa shape index (κ3) is 2.02. The number of nitrogens with two attached hydrogens (primary N) is 1. The number of aryl methyl sites for hydroxylation is 1. The van der Waals surface area contributed by atoms with Crippen molar-refractivity contribution in [2.75, 3.05) is 7.11 Å². The summed E-state index contributed by atoms with van der Waals surface area (Å²) in [6.07, 6.45) is 3.16. The summed E-state index contributed by atoms with van der Waals surface area (Å²) in [6, 6.07) is -0.395. The second kappa shape index (κ2) is 4.54. The lowest BCUT2D eigenvalue weighted by molar-refractivity contribution is 0.386. The van der Waals surface area contributed by atoms with Crippen LogP contribution in [0.15, 0.2) is 17.8 Å². The van der Waals surface area contributed by atoms with Gasteiger partial charge in [-0.2, -0.15) is 0 Å². The van der Waals surface area contributed by atoms with Gasteiger partial charge in [0.1, 0.15) is 5.69 Å². The van der Waals surface area contributed by atoms with Crippen molar-refractivity contribution < 1.29 is 4.74 Å². The quantitative estimate of drug-likeness (QED) is 0.869. The normalized spacial score (nSPS) is 12.4. The van der Waals surface area contributed by atoms with E-state index in [1.165, 1.54) is 0 Å². The summed E-state index contributed by atoms with van der Waals surface area (Å²) in [6.45, 7) is 1.94. The Hall–Kier alpha value is -1.53. The van der Waals surface area contributed by atoms with Crippen molar-refractivity contribution in [2.45, 2.75) is 13.0 Å². The molecule has 1 unspecified atom stereocenters. The lowest BCUT2D eigenvalue weighted by atomic mass is 10.2. The zero-order valence-electron chi connectivity index (χ0n) is 9.04. The molecule has 0 amide bonds. The van der Waals surface area contributed by atoms with Crippen LogP contribution in [0, 0.1) is 6.92 Å². The summed E-state index contributed by atoms with van der Waals surface area (Å²) < 4.78 is 5.12. The Labute approximate surface area is 97.3 Å². The Morgan fingerprint density at radius 2 is 2.12 bits per heavy atom. The fourth-order valence-corrected chi connectivity index (χ4v) is 2.02. The van der Waals surface area contributed by atoms with Crippen LogP contribution in [0.2, 0.25) is 0 Å².